The van der Waals surface area contributed by atoms with Gasteiger partial charge in [-0.25, -0.2) is 0 Å². The van der Waals surface area contributed by atoms with Crippen LogP contribution in [0.4, 0.5) is 11.4 Å². The number of benzene rings is 1. The van der Waals surface area contributed by atoms with Crippen molar-refractivity contribution in [1.29, 1.82) is 0 Å². The average molecular weight is 332 g/mol. The Morgan fingerprint density at radius 2 is 2.17 bits per heavy atom. The first-order valence-electron chi connectivity index (χ1n) is 6.67. The summed E-state index contributed by atoms with van der Waals surface area (Å²) in [6, 6.07) is 5.30. The maximum Gasteiger partial charge on any atom is 0.312 e. The fraction of sp³-hybridized carbons (Fsp3) is 0.231. The van der Waals surface area contributed by atoms with Crippen LogP contribution in [0.25, 0.3) is 11.0 Å². The van der Waals surface area contributed by atoms with Crippen LogP contribution in [0.2, 0.25) is 0 Å². The lowest BCUT2D eigenvalue weighted by molar-refractivity contribution is -0.386. The molecule has 0 atom stereocenters. The summed E-state index contributed by atoms with van der Waals surface area (Å²) < 4.78 is 9.57. The van der Waals surface area contributed by atoms with Crippen molar-refractivity contribution in [2.75, 3.05) is 5.32 Å². The van der Waals surface area contributed by atoms with Crippen molar-refractivity contribution in [2.24, 2.45) is 0 Å². The molecule has 1 aromatic carbocycles. The average Bonchev–Trinajstić information content (AvgIpc) is 3.05. The van der Waals surface area contributed by atoms with E-state index in [1.165, 1.54) is 4.68 Å². The van der Waals surface area contributed by atoms with Crippen molar-refractivity contribution in [3.05, 3.63) is 39.7 Å². The SMILES string of the molecule is Cc1nn(CC(=O)Nc2cccc3nsnc23)c(C)c1[N+](=O)[O-]. The normalized spacial score (nSPS) is 10.9. The van der Waals surface area contributed by atoms with Crippen LogP contribution in [0.1, 0.15) is 11.4 Å². The van der Waals surface area contributed by atoms with Gasteiger partial charge in [-0.1, -0.05) is 6.07 Å². The molecule has 1 amide bonds. The lowest BCUT2D eigenvalue weighted by Crippen LogP contribution is -2.20. The first-order valence-corrected chi connectivity index (χ1v) is 7.40. The first kappa shape index (κ1) is 15.0. The van der Waals surface area contributed by atoms with Crippen LogP contribution in [0.15, 0.2) is 18.2 Å². The predicted octanol–water partition coefficient (Wildman–Crippen LogP) is 2.05. The number of nitro groups is 1. The zero-order chi connectivity index (χ0) is 16.6. The number of nitrogens with zero attached hydrogens (tertiary/aromatic N) is 5. The Labute approximate surface area is 134 Å². The summed E-state index contributed by atoms with van der Waals surface area (Å²) in [5, 5.41) is 17.8. The zero-order valence-corrected chi connectivity index (χ0v) is 13.1. The van der Waals surface area contributed by atoms with Gasteiger partial charge in [0.05, 0.1) is 22.3 Å². The highest BCUT2D eigenvalue weighted by Gasteiger charge is 2.22. The van der Waals surface area contributed by atoms with Crippen LogP contribution in [-0.2, 0) is 11.3 Å². The molecule has 1 N–H and O–H groups in total. The molecule has 0 radical (unpaired) electrons. The largest absolute Gasteiger partial charge is 0.322 e. The number of nitrogens with one attached hydrogen (secondary N) is 1. The van der Waals surface area contributed by atoms with E-state index in [1.54, 1.807) is 32.0 Å². The van der Waals surface area contributed by atoms with E-state index in [2.05, 4.69) is 19.2 Å². The van der Waals surface area contributed by atoms with Crippen LogP contribution in [-0.4, -0.2) is 29.4 Å². The van der Waals surface area contributed by atoms with E-state index in [0.29, 0.717) is 22.4 Å². The number of hydrogen-bond donors (Lipinski definition) is 1. The van der Waals surface area contributed by atoms with Gasteiger partial charge in [0.15, 0.2) is 0 Å². The molecule has 2 aromatic heterocycles. The highest BCUT2D eigenvalue weighted by molar-refractivity contribution is 7.00. The van der Waals surface area contributed by atoms with E-state index in [0.717, 1.165) is 11.7 Å². The second-order valence-corrected chi connectivity index (χ2v) is 5.45. The number of anilines is 1. The number of fused-ring (bicyclic) bond motifs is 1. The number of rotatable bonds is 4. The van der Waals surface area contributed by atoms with Crippen molar-refractivity contribution in [3.63, 3.8) is 0 Å². The molecule has 0 aliphatic carbocycles. The molecule has 0 unspecified atom stereocenters. The van der Waals surface area contributed by atoms with Gasteiger partial charge < -0.3 is 5.32 Å². The van der Waals surface area contributed by atoms with E-state index < -0.39 is 4.92 Å². The number of aromatic nitrogens is 4. The van der Waals surface area contributed by atoms with Gasteiger partial charge in [-0.3, -0.25) is 19.6 Å². The second-order valence-electron chi connectivity index (χ2n) is 4.92. The standard InChI is InChI=1S/C13H12N6O3S/c1-7-13(19(21)22)8(2)18(15-7)6-11(20)14-9-4-3-5-10-12(9)17-23-16-10/h3-5H,6H2,1-2H3,(H,14,20). The summed E-state index contributed by atoms with van der Waals surface area (Å²) in [4.78, 5) is 22.7. The fourth-order valence-corrected chi connectivity index (χ4v) is 2.89. The molecule has 0 fully saturated rings. The predicted molar refractivity (Wildman–Crippen MR) is 84.4 cm³/mol. The molecule has 9 nitrogen and oxygen atoms in total. The van der Waals surface area contributed by atoms with Gasteiger partial charge in [-0.2, -0.15) is 13.8 Å². The van der Waals surface area contributed by atoms with E-state index in [9.17, 15) is 14.9 Å². The molecular weight excluding hydrogens is 320 g/mol. The molecule has 0 saturated carbocycles. The van der Waals surface area contributed by atoms with E-state index >= 15 is 0 Å². The molecule has 23 heavy (non-hydrogen) atoms. The summed E-state index contributed by atoms with van der Waals surface area (Å²) in [5.41, 5.74) is 2.43. The number of amides is 1. The highest BCUT2D eigenvalue weighted by atomic mass is 32.1. The molecule has 0 saturated heterocycles. The molecule has 3 rings (SSSR count). The van der Waals surface area contributed by atoms with Gasteiger partial charge in [-0.05, 0) is 26.0 Å². The van der Waals surface area contributed by atoms with Crippen LogP contribution in [0, 0.1) is 24.0 Å². The zero-order valence-electron chi connectivity index (χ0n) is 12.3. The Kier molecular flexibility index (Phi) is 3.74. The van der Waals surface area contributed by atoms with Gasteiger partial charge in [-0.15, -0.1) is 0 Å². The summed E-state index contributed by atoms with van der Waals surface area (Å²) >= 11 is 1.07. The number of carbonyl (C=O) groups excluding carboxylic acids is 1. The van der Waals surface area contributed by atoms with Crippen molar-refractivity contribution in [1.82, 2.24) is 18.5 Å². The Balaban J connectivity index is 1.82. The highest BCUT2D eigenvalue weighted by Crippen LogP contribution is 2.23. The number of hydrogen-bond acceptors (Lipinski definition) is 7. The Hall–Kier alpha value is -2.88. The Morgan fingerprint density at radius 3 is 2.87 bits per heavy atom. The van der Waals surface area contributed by atoms with Gasteiger partial charge in [0.1, 0.15) is 29.0 Å². The number of carbonyl (C=O) groups is 1. The molecule has 0 bridgehead atoms. The summed E-state index contributed by atoms with van der Waals surface area (Å²) in [6.45, 7) is 2.99. The molecular formula is C13H12N6O3S. The minimum Gasteiger partial charge on any atom is -0.322 e. The Morgan fingerprint density at radius 1 is 1.39 bits per heavy atom. The van der Waals surface area contributed by atoms with Gasteiger partial charge in [0.2, 0.25) is 5.91 Å². The van der Waals surface area contributed by atoms with Gasteiger partial charge >= 0.3 is 5.69 Å². The maximum atomic E-state index is 12.2. The minimum atomic E-state index is -0.492. The maximum absolute atomic E-state index is 12.2. The van der Waals surface area contributed by atoms with Crippen molar-refractivity contribution >= 4 is 40.0 Å². The molecule has 10 heteroatoms. The quantitative estimate of drug-likeness (QED) is 0.577. The van der Waals surface area contributed by atoms with Crippen LogP contribution in [0.5, 0.6) is 0 Å². The van der Waals surface area contributed by atoms with Crippen LogP contribution < -0.4 is 5.32 Å². The van der Waals surface area contributed by atoms with E-state index in [4.69, 9.17) is 0 Å². The smallest absolute Gasteiger partial charge is 0.312 e. The molecule has 0 aliphatic heterocycles. The van der Waals surface area contributed by atoms with Crippen molar-refractivity contribution < 1.29 is 9.72 Å². The second kappa shape index (κ2) is 5.72. The number of aryl methyl sites for hydroxylation is 1. The molecule has 3 aromatic rings. The van der Waals surface area contributed by atoms with Crippen molar-refractivity contribution in [2.45, 2.75) is 20.4 Å². The van der Waals surface area contributed by atoms with Gasteiger partial charge in [0.25, 0.3) is 0 Å². The molecule has 0 aliphatic rings. The minimum absolute atomic E-state index is 0.0661. The summed E-state index contributed by atoms with van der Waals surface area (Å²) in [5.74, 6) is -0.342. The third-order valence-corrected chi connectivity index (χ3v) is 3.92. The van der Waals surface area contributed by atoms with Gasteiger partial charge in [0, 0.05) is 0 Å². The monoisotopic (exact) mass is 332 g/mol. The first-order chi connectivity index (χ1) is 11.0. The van der Waals surface area contributed by atoms with E-state index in [-0.39, 0.29) is 23.8 Å². The summed E-state index contributed by atoms with van der Waals surface area (Å²) in [7, 11) is 0. The third-order valence-electron chi connectivity index (χ3n) is 3.38. The topological polar surface area (TPSA) is 116 Å². The lowest BCUT2D eigenvalue weighted by Gasteiger charge is -2.06. The van der Waals surface area contributed by atoms with Crippen molar-refractivity contribution in [3.8, 4) is 0 Å². The molecule has 0 spiro atoms. The summed E-state index contributed by atoms with van der Waals surface area (Å²) in [6.07, 6.45) is 0. The van der Waals surface area contributed by atoms with Crippen LogP contribution >= 0.6 is 11.7 Å². The lowest BCUT2D eigenvalue weighted by atomic mass is 10.2. The molecule has 118 valence electrons. The third kappa shape index (κ3) is 2.75. The molecule has 2 heterocycles. The van der Waals surface area contributed by atoms with Crippen LogP contribution in [0.3, 0.4) is 0 Å². The fourth-order valence-electron chi connectivity index (χ4n) is 2.34. The van der Waals surface area contributed by atoms with E-state index in [1.807, 2.05) is 0 Å². The Bertz CT molecular complexity index is 916.